The molecule has 1 fully saturated rings. The summed E-state index contributed by atoms with van der Waals surface area (Å²) in [6.45, 7) is 3.03. The van der Waals surface area contributed by atoms with E-state index in [0.717, 1.165) is 10.6 Å². The van der Waals surface area contributed by atoms with Gasteiger partial charge in [0.05, 0.1) is 14.2 Å². The molecule has 2 aliphatic rings. The molecule has 11 nitrogen and oxygen atoms in total. The lowest BCUT2D eigenvalue weighted by atomic mass is 10.1. The molecule has 1 aromatic rings. The van der Waals surface area contributed by atoms with Crippen molar-refractivity contribution in [1.29, 1.82) is 0 Å². The van der Waals surface area contributed by atoms with Crippen molar-refractivity contribution in [3.05, 3.63) is 11.4 Å². The highest BCUT2D eigenvalue weighted by Gasteiger charge is 2.54. The lowest BCUT2D eigenvalue weighted by Crippen LogP contribution is -2.58. The normalized spacial score (nSPS) is 18.3. The number of hydrogen-bond donors (Lipinski definition) is 0. The number of amidine groups is 1. The molecule has 2 aliphatic heterocycles. The summed E-state index contributed by atoms with van der Waals surface area (Å²) in [5, 5.41) is 0. The molecule has 1 aromatic heterocycles. The van der Waals surface area contributed by atoms with Gasteiger partial charge in [0.2, 0.25) is 11.9 Å². The van der Waals surface area contributed by atoms with Gasteiger partial charge in [-0.05, 0) is 13.8 Å². The Hall–Kier alpha value is -3.24. The molecule has 144 valence electrons. The highest BCUT2D eigenvalue weighted by molar-refractivity contribution is 6.21. The van der Waals surface area contributed by atoms with Gasteiger partial charge >= 0.3 is 23.9 Å². The predicted molar refractivity (Wildman–Crippen MR) is 89.1 cm³/mol. The summed E-state index contributed by atoms with van der Waals surface area (Å²) in [5.74, 6) is -1.14. The van der Waals surface area contributed by atoms with Crippen LogP contribution in [-0.4, -0.2) is 71.9 Å². The van der Waals surface area contributed by atoms with E-state index in [1.165, 1.54) is 26.2 Å². The minimum atomic E-state index is -0.898. The van der Waals surface area contributed by atoms with Crippen LogP contribution >= 0.6 is 0 Å². The Kier molecular flexibility index (Phi) is 4.46. The average Bonchev–Trinajstić information content (AvgIpc) is 3.15. The van der Waals surface area contributed by atoms with E-state index in [1.54, 1.807) is 23.0 Å². The van der Waals surface area contributed by atoms with E-state index in [0.29, 0.717) is 11.6 Å². The number of imidazole rings is 1. The Morgan fingerprint density at radius 3 is 2.37 bits per heavy atom. The average molecular weight is 378 g/mol. The fourth-order valence-corrected chi connectivity index (χ4v) is 3.22. The lowest BCUT2D eigenvalue weighted by Gasteiger charge is -2.32. The summed E-state index contributed by atoms with van der Waals surface area (Å²) in [4.78, 5) is 55.4. The highest BCUT2D eigenvalue weighted by Crippen LogP contribution is 2.35. The number of hydrogen-bond acceptors (Lipinski definition) is 7. The van der Waals surface area contributed by atoms with E-state index in [1.807, 2.05) is 0 Å². The molecule has 3 rings (SSSR count). The van der Waals surface area contributed by atoms with Gasteiger partial charge in [0, 0.05) is 7.05 Å². The van der Waals surface area contributed by atoms with Crippen LogP contribution in [0.3, 0.4) is 0 Å². The number of carbonyl (C=O) groups excluding carboxylic acids is 4. The van der Waals surface area contributed by atoms with Crippen molar-refractivity contribution < 1.29 is 33.2 Å². The number of nitrogens with zero attached hydrogens (tertiary/aromatic N) is 5. The second kappa shape index (κ2) is 6.49. The van der Waals surface area contributed by atoms with Crippen LogP contribution in [-0.2, 0) is 30.4 Å². The molecule has 0 spiro atoms. The molecule has 0 saturated carbocycles. The summed E-state index contributed by atoms with van der Waals surface area (Å²) in [6.07, 6.45) is 0. The van der Waals surface area contributed by atoms with Crippen LogP contribution in [0.1, 0.15) is 17.4 Å². The maximum atomic E-state index is 13.0. The van der Waals surface area contributed by atoms with E-state index in [4.69, 9.17) is 4.74 Å². The van der Waals surface area contributed by atoms with Crippen molar-refractivity contribution in [2.75, 3.05) is 27.8 Å². The zero-order valence-electron chi connectivity index (χ0n) is 15.7. The van der Waals surface area contributed by atoms with Gasteiger partial charge in [-0.2, -0.15) is 0 Å². The number of esters is 2. The fourth-order valence-electron chi connectivity index (χ4n) is 3.22. The van der Waals surface area contributed by atoms with Crippen molar-refractivity contribution >= 4 is 35.7 Å². The van der Waals surface area contributed by atoms with Crippen LogP contribution < -0.4 is 4.57 Å². The Balaban J connectivity index is 2.08. The molecule has 1 atom stereocenters. The maximum absolute atomic E-state index is 13.0. The van der Waals surface area contributed by atoms with E-state index < -0.39 is 36.5 Å². The van der Waals surface area contributed by atoms with Crippen LogP contribution in [0.15, 0.2) is 4.99 Å². The number of carbonyl (C=O) groups is 4. The first kappa shape index (κ1) is 18.5. The van der Waals surface area contributed by atoms with Gasteiger partial charge in [0.15, 0.2) is 6.54 Å². The molecule has 3 amide bonds. The van der Waals surface area contributed by atoms with Gasteiger partial charge in [-0.3, -0.25) is 14.5 Å². The molecular formula is C16H20N5O6+. The number of rotatable bonds is 4. The summed E-state index contributed by atoms with van der Waals surface area (Å²) in [5.41, 5.74) is 1.46. The van der Waals surface area contributed by atoms with Crippen molar-refractivity contribution in [3.8, 4) is 0 Å². The lowest BCUT2D eigenvalue weighted by molar-refractivity contribution is -0.678. The molecule has 0 aliphatic carbocycles. The number of fused-ring (bicyclic) bond motifs is 3. The molecule has 0 radical (unpaired) electrons. The molecule has 11 heteroatoms. The van der Waals surface area contributed by atoms with Crippen LogP contribution in [0.5, 0.6) is 0 Å². The van der Waals surface area contributed by atoms with E-state index >= 15 is 0 Å². The minimum absolute atomic E-state index is 0.0767. The third-order valence-corrected chi connectivity index (χ3v) is 4.86. The first-order valence-electron chi connectivity index (χ1n) is 8.15. The number of amides is 3. The Morgan fingerprint density at radius 1 is 1.15 bits per heavy atom. The molecular weight excluding hydrogens is 358 g/mol. The van der Waals surface area contributed by atoms with E-state index in [9.17, 15) is 19.2 Å². The zero-order chi connectivity index (χ0) is 20.0. The van der Waals surface area contributed by atoms with Crippen molar-refractivity contribution in [3.63, 3.8) is 0 Å². The minimum Gasteiger partial charge on any atom is -0.468 e. The summed E-state index contributed by atoms with van der Waals surface area (Å²) < 4.78 is 12.6. The highest BCUT2D eigenvalue weighted by atomic mass is 16.5. The number of imide groups is 1. The number of aromatic nitrogens is 2. The predicted octanol–water partition coefficient (Wildman–Crippen LogP) is -0.783. The van der Waals surface area contributed by atoms with Gasteiger partial charge in [-0.25, -0.2) is 23.6 Å². The molecule has 1 unspecified atom stereocenters. The van der Waals surface area contributed by atoms with E-state index in [-0.39, 0.29) is 12.4 Å². The van der Waals surface area contributed by atoms with Crippen molar-refractivity contribution in [2.45, 2.75) is 26.4 Å². The summed E-state index contributed by atoms with van der Waals surface area (Å²) in [7, 11) is 3.94. The summed E-state index contributed by atoms with van der Waals surface area (Å²) in [6, 6.07) is -1.56. The van der Waals surface area contributed by atoms with Gasteiger partial charge < -0.3 is 9.47 Å². The van der Waals surface area contributed by atoms with Crippen molar-refractivity contribution in [2.24, 2.45) is 4.99 Å². The van der Waals surface area contributed by atoms with Gasteiger partial charge in [-0.15, -0.1) is 0 Å². The molecule has 1 saturated heterocycles. The smallest absolute Gasteiger partial charge is 0.402 e. The third-order valence-electron chi connectivity index (χ3n) is 4.86. The monoisotopic (exact) mass is 378 g/mol. The number of likely N-dealkylation sites (N-methyl/N-ethyl adjacent to an activating group) is 1. The fraction of sp³-hybridized carbons (Fsp3) is 0.500. The molecule has 0 aromatic carbocycles. The molecule has 0 bridgehead atoms. The molecule has 27 heavy (non-hydrogen) atoms. The quantitative estimate of drug-likeness (QED) is 0.501. The van der Waals surface area contributed by atoms with E-state index in [2.05, 4.69) is 9.73 Å². The van der Waals surface area contributed by atoms with Crippen LogP contribution in [0.25, 0.3) is 0 Å². The third kappa shape index (κ3) is 2.66. The Labute approximate surface area is 154 Å². The second-order valence-electron chi connectivity index (χ2n) is 6.22. The number of aliphatic imine (C=N–C) groups is 1. The molecule has 3 heterocycles. The van der Waals surface area contributed by atoms with Gasteiger partial charge in [0.1, 0.15) is 17.9 Å². The second-order valence-corrected chi connectivity index (χ2v) is 6.22. The largest absolute Gasteiger partial charge is 0.468 e. The SMILES string of the molecule is COC(=O)CN1C(=O)C2C(=Nc3n2c(C)c(C)[n+]3CC(=O)OC)N(C)C1=O. The molecule has 0 N–H and O–H groups in total. The number of urea groups is 1. The zero-order valence-corrected chi connectivity index (χ0v) is 15.7. The Bertz CT molecular complexity index is 902. The van der Waals surface area contributed by atoms with Gasteiger partial charge in [-0.1, -0.05) is 4.99 Å². The first-order chi connectivity index (χ1) is 12.7. The Morgan fingerprint density at radius 2 is 1.78 bits per heavy atom. The van der Waals surface area contributed by atoms with Crippen LogP contribution in [0.4, 0.5) is 10.7 Å². The van der Waals surface area contributed by atoms with Gasteiger partial charge in [0.25, 0.3) is 5.91 Å². The number of ether oxygens (including phenoxy) is 2. The standard InChI is InChI=1S/C16H20N5O6/c1-8-9(2)21-12-13(17-15(21)19(8)6-10(22)26-4)18(3)16(25)20(14(12)24)7-11(23)27-5/h12H,6-7H2,1-5H3/q+1. The maximum Gasteiger partial charge on any atom is 0.402 e. The topological polar surface area (TPSA) is 114 Å². The summed E-state index contributed by atoms with van der Waals surface area (Å²) >= 11 is 0. The first-order valence-corrected chi connectivity index (χ1v) is 8.15. The van der Waals surface area contributed by atoms with Crippen LogP contribution in [0, 0.1) is 13.8 Å². The van der Waals surface area contributed by atoms with Crippen molar-refractivity contribution in [1.82, 2.24) is 14.4 Å². The van der Waals surface area contributed by atoms with Crippen LogP contribution in [0.2, 0.25) is 0 Å². The number of methoxy groups -OCH3 is 2.